The number of Topliss-reactive ketones (excluding diaryl/α,β-unsaturated/α-hetero) is 1. The minimum absolute atomic E-state index is 0.00921. The van der Waals surface area contributed by atoms with E-state index in [2.05, 4.69) is 5.32 Å². The highest BCUT2D eigenvalue weighted by atomic mass is 16.5. The summed E-state index contributed by atoms with van der Waals surface area (Å²) in [5.74, 6) is -0.210. The Kier molecular flexibility index (Phi) is 7.72. The number of rotatable bonds is 6. The van der Waals surface area contributed by atoms with Crippen LogP contribution in [0.4, 0.5) is 4.79 Å². The molecular formula is C23H37N3O4. The highest BCUT2D eigenvalue weighted by Gasteiger charge is 2.29. The van der Waals surface area contributed by atoms with Crippen LogP contribution in [0.5, 0.6) is 0 Å². The van der Waals surface area contributed by atoms with Crippen molar-refractivity contribution in [2.24, 2.45) is 13.0 Å². The summed E-state index contributed by atoms with van der Waals surface area (Å²) in [4.78, 5) is 40.1. The Hall–Kier alpha value is -2.31. The van der Waals surface area contributed by atoms with Crippen LogP contribution >= 0.6 is 0 Å². The van der Waals surface area contributed by atoms with Crippen molar-refractivity contribution in [3.63, 3.8) is 0 Å². The molecule has 30 heavy (non-hydrogen) atoms. The molecular weight excluding hydrogens is 382 g/mol. The number of methoxy groups -OCH3 is 1. The molecule has 1 N–H and O–H groups in total. The molecule has 0 unspecified atom stereocenters. The third-order valence-electron chi connectivity index (χ3n) is 5.90. The average molecular weight is 420 g/mol. The Morgan fingerprint density at radius 2 is 1.73 bits per heavy atom. The number of nitrogens with zero attached hydrogens (tertiary/aromatic N) is 2. The van der Waals surface area contributed by atoms with Gasteiger partial charge in [0.05, 0.1) is 13.7 Å². The highest BCUT2D eigenvalue weighted by Crippen LogP contribution is 2.26. The number of esters is 1. The summed E-state index contributed by atoms with van der Waals surface area (Å²) in [5, 5.41) is 2.99. The van der Waals surface area contributed by atoms with Gasteiger partial charge in [-0.25, -0.2) is 9.59 Å². The van der Waals surface area contributed by atoms with Crippen LogP contribution in [0.2, 0.25) is 0 Å². The van der Waals surface area contributed by atoms with Gasteiger partial charge < -0.3 is 19.5 Å². The van der Waals surface area contributed by atoms with Gasteiger partial charge in [-0.2, -0.15) is 0 Å². The predicted octanol–water partition coefficient (Wildman–Crippen LogP) is 4.00. The van der Waals surface area contributed by atoms with Crippen molar-refractivity contribution in [1.29, 1.82) is 0 Å². The van der Waals surface area contributed by atoms with E-state index in [1.807, 2.05) is 27.7 Å². The maximum Gasteiger partial charge on any atom is 0.354 e. The van der Waals surface area contributed by atoms with Crippen LogP contribution in [0.3, 0.4) is 0 Å². The van der Waals surface area contributed by atoms with Crippen molar-refractivity contribution in [2.75, 3.05) is 20.2 Å². The van der Waals surface area contributed by atoms with E-state index in [1.165, 1.54) is 26.4 Å². The first-order valence-electron chi connectivity index (χ1n) is 10.8. The molecule has 7 nitrogen and oxygen atoms in total. The monoisotopic (exact) mass is 419 g/mol. The average Bonchev–Trinajstić information content (AvgIpc) is 2.88. The van der Waals surface area contributed by atoms with Gasteiger partial charge in [-0.15, -0.1) is 0 Å². The fourth-order valence-corrected chi connectivity index (χ4v) is 4.33. The van der Waals surface area contributed by atoms with Crippen molar-refractivity contribution < 1.29 is 19.1 Å². The fraction of sp³-hybridized carbons (Fsp3) is 0.696. The van der Waals surface area contributed by atoms with E-state index >= 15 is 0 Å². The van der Waals surface area contributed by atoms with Crippen LogP contribution in [0.1, 0.15) is 85.0 Å². The van der Waals surface area contributed by atoms with E-state index in [0.29, 0.717) is 35.0 Å². The first-order chi connectivity index (χ1) is 14.0. The van der Waals surface area contributed by atoms with Gasteiger partial charge in [0, 0.05) is 30.4 Å². The summed E-state index contributed by atoms with van der Waals surface area (Å²) in [6.45, 7) is 9.92. The Morgan fingerprint density at radius 1 is 1.13 bits per heavy atom. The molecule has 0 bridgehead atoms. The molecule has 0 radical (unpaired) electrons. The van der Waals surface area contributed by atoms with E-state index in [9.17, 15) is 14.4 Å². The number of amides is 2. The molecule has 0 saturated heterocycles. The first kappa shape index (κ1) is 24.0. The number of hydrogen-bond donors (Lipinski definition) is 1. The van der Waals surface area contributed by atoms with Gasteiger partial charge in [-0.3, -0.25) is 4.79 Å². The molecule has 1 fully saturated rings. The summed E-state index contributed by atoms with van der Waals surface area (Å²) in [6, 6.07) is -0.221. The molecule has 7 heteroatoms. The van der Waals surface area contributed by atoms with E-state index in [4.69, 9.17) is 4.74 Å². The smallest absolute Gasteiger partial charge is 0.354 e. The number of ether oxygens (including phenoxy) is 1. The second kappa shape index (κ2) is 9.67. The highest BCUT2D eigenvalue weighted by molar-refractivity contribution is 6.04. The lowest BCUT2D eigenvalue weighted by Gasteiger charge is -2.32. The molecule has 0 aromatic carbocycles. The van der Waals surface area contributed by atoms with Gasteiger partial charge in [0.15, 0.2) is 5.78 Å². The van der Waals surface area contributed by atoms with Crippen molar-refractivity contribution in [3.8, 4) is 0 Å². The number of urea groups is 1. The zero-order chi connectivity index (χ0) is 22.6. The second-order valence-electron chi connectivity index (χ2n) is 9.47. The minimum atomic E-state index is -0.471. The van der Waals surface area contributed by atoms with Crippen LogP contribution < -0.4 is 5.32 Å². The molecule has 168 valence electrons. The standard InChI is InChI=1S/C23H37N3O4/c1-15-19(16(2)25(6)20(15)21(28)30-7)18(27)14-26(22(29)24-23(3,4)5)13-17-11-9-8-10-12-17/h17H,8-14H2,1-7H3,(H,24,29). The number of carbonyl (C=O) groups is 3. The van der Waals surface area contributed by atoms with Gasteiger partial charge in [0.1, 0.15) is 5.69 Å². The molecule has 1 heterocycles. The molecule has 1 aliphatic carbocycles. The zero-order valence-corrected chi connectivity index (χ0v) is 19.6. The Bertz CT molecular complexity index is 798. The van der Waals surface area contributed by atoms with Crippen LogP contribution in [0.25, 0.3) is 0 Å². The van der Waals surface area contributed by atoms with Crippen LogP contribution in [-0.4, -0.2) is 53.0 Å². The van der Waals surface area contributed by atoms with Crippen molar-refractivity contribution >= 4 is 17.8 Å². The van der Waals surface area contributed by atoms with E-state index < -0.39 is 5.97 Å². The maximum absolute atomic E-state index is 13.3. The topological polar surface area (TPSA) is 80.6 Å². The Balaban J connectivity index is 2.29. The lowest BCUT2D eigenvalue weighted by atomic mass is 9.89. The van der Waals surface area contributed by atoms with Crippen molar-refractivity contribution in [3.05, 3.63) is 22.5 Å². The van der Waals surface area contributed by atoms with E-state index in [0.717, 1.165) is 12.8 Å². The van der Waals surface area contributed by atoms with Gasteiger partial charge in [0.25, 0.3) is 0 Å². The summed E-state index contributed by atoms with van der Waals surface area (Å²) in [5.41, 5.74) is 1.78. The minimum Gasteiger partial charge on any atom is -0.464 e. The molecule has 1 aromatic rings. The van der Waals surface area contributed by atoms with E-state index in [1.54, 1.807) is 23.4 Å². The fourth-order valence-electron chi connectivity index (χ4n) is 4.33. The Labute approximate surface area is 180 Å². The van der Waals surface area contributed by atoms with Gasteiger partial charge in [-0.05, 0) is 58.9 Å². The molecule has 0 spiro atoms. The third-order valence-corrected chi connectivity index (χ3v) is 5.90. The van der Waals surface area contributed by atoms with Crippen molar-refractivity contribution in [1.82, 2.24) is 14.8 Å². The van der Waals surface area contributed by atoms with Crippen LogP contribution in [0, 0.1) is 19.8 Å². The maximum atomic E-state index is 13.3. The molecule has 0 atom stereocenters. The lowest BCUT2D eigenvalue weighted by molar-refractivity contribution is 0.0588. The second-order valence-corrected chi connectivity index (χ2v) is 9.47. The normalized spacial score (nSPS) is 15.0. The summed E-state index contributed by atoms with van der Waals surface area (Å²) in [7, 11) is 3.08. The SMILES string of the molecule is COC(=O)c1c(C)c(C(=O)CN(CC2CCCCC2)C(=O)NC(C)(C)C)c(C)n1C. The largest absolute Gasteiger partial charge is 0.464 e. The number of hydrogen-bond acceptors (Lipinski definition) is 4. The first-order valence-corrected chi connectivity index (χ1v) is 10.8. The van der Waals surface area contributed by atoms with Gasteiger partial charge in [-0.1, -0.05) is 19.3 Å². The van der Waals surface area contributed by atoms with Crippen LogP contribution in [0.15, 0.2) is 0 Å². The number of aromatic nitrogens is 1. The van der Waals surface area contributed by atoms with Crippen LogP contribution in [-0.2, 0) is 11.8 Å². The molecule has 2 rings (SSSR count). The summed E-state index contributed by atoms with van der Waals surface area (Å²) >= 11 is 0. The lowest BCUT2D eigenvalue weighted by Crippen LogP contribution is -2.51. The molecule has 1 aromatic heterocycles. The van der Waals surface area contributed by atoms with Gasteiger partial charge >= 0.3 is 12.0 Å². The molecule has 1 saturated carbocycles. The quantitative estimate of drug-likeness (QED) is 0.558. The molecule has 0 aliphatic heterocycles. The predicted molar refractivity (Wildman–Crippen MR) is 117 cm³/mol. The molecule has 2 amide bonds. The molecule has 1 aliphatic rings. The summed E-state index contributed by atoms with van der Waals surface area (Å²) < 4.78 is 6.56. The van der Waals surface area contributed by atoms with Crippen molar-refractivity contribution in [2.45, 2.75) is 72.3 Å². The third kappa shape index (κ3) is 5.64. The Morgan fingerprint density at radius 3 is 2.27 bits per heavy atom. The summed E-state index contributed by atoms with van der Waals surface area (Å²) in [6.07, 6.45) is 5.76. The van der Waals surface area contributed by atoms with E-state index in [-0.39, 0.29) is 23.9 Å². The van der Waals surface area contributed by atoms with Gasteiger partial charge in [0.2, 0.25) is 0 Å². The zero-order valence-electron chi connectivity index (χ0n) is 19.6. The number of ketones is 1. The number of nitrogens with one attached hydrogen (secondary N) is 1. The number of carbonyl (C=O) groups excluding carboxylic acids is 3.